The van der Waals surface area contributed by atoms with Crippen molar-refractivity contribution in [1.82, 2.24) is 4.72 Å². The van der Waals surface area contributed by atoms with Gasteiger partial charge in [0.2, 0.25) is 0 Å². The van der Waals surface area contributed by atoms with Crippen LogP contribution in [0.1, 0.15) is 58.9 Å². The van der Waals surface area contributed by atoms with Crippen molar-refractivity contribution in [2.24, 2.45) is 0 Å². The van der Waals surface area contributed by atoms with Gasteiger partial charge in [-0.15, -0.1) is 4.72 Å². The Morgan fingerprint density at radius 3 is 2.39 bits per heavy atom. The molecule has 1 aliphatic carbocycles. The lowest BCUT2D eigenvalue weighted by Gasteiger charge is -2.36. The third-order valence-electron chi connectivity index (χ3n) is 5.09. The van der Waals surface area contributed by atoms with Gasteiger partial charge in [-0.05, 0) is 58.7 Å². The third kappa shape index (κ3) is 4.73. The summed E-state index contributed by atoms with van der Waals surface area (Å²) in [4.78, 5) is 0. The quantitative estimate of drug-likeness (QED) is 0.603. The van der Waals surface area contributed by atoms with Crippen LogP contribution in [0, 0.1) is 17.1 Å². The van der Waals surface area contributed by atoms with Crippen LogP contribution in [0.15, 0.2) is 22.7 Å². The van der Waals surface area contributed by atoms with E-state index in [0.717, 1.165) is 0 Å². The average Bonchev–Trinajstić information content (AvgIpc) is 3.06. The van der Waals surface area contributed by atoms with E-state index in [1.807, 2.05) is 6.07 Å². The highest BCUT2D eigenvalue weighted by atomic mass is 79.9. The Morgan fingerprint density at radius 1 is 1.32 bits per heavy atom. The average molecular weight is 493 g/mol. The van der Waals surface area contributed by atoms with Gasteiger partial charge in [-0.3, -0.25) is 0 Å². The summed E-state index contributed by atoms with van der Waals surface area (Å²) in [5, 5.41) is 9.64. The van der Waals surface area contributed by atoms with Gasteiger partial charge in [0.05, 0.1) is 11.8 Å². The topological polar surface area (TPSA) is 93.0 Å². The van der Waals surface area contributed by atoms with Crippen LogP contribution in [-0.2, 0) is 26.7 Å². The van der Waals surface area contributed by atoms with Gasteiger partial charge < -0.3 is 4.55 Å². The predicted molar refractivity (Wildman–Crippen MR) is 113 cm³/mol. The zero-order valence-electron chi connectivity index (χ0n) is 16.5. The fourth-order valence-electron chi connectivity index (χ4n) is 3.40. The first kappa shape index (κ1) is 23.6. The number of sulfone groups is 1. The summed E-state index contributed by atoms with van der Waals surface area (Å²) in [5.74, 6) is -1.13. The first-order chi connectivity index (χ1) is 12.8. The molecule has 156 valence electrons. The number of halogens is 2. The second-order valence-corrected chi connectivity index (χ2v) is 13.7. The Morgan fingerprint density at radius 2 is 1.89 bits per heavy atom. The van der Waals surface area contributed by atoms with Crippen LogP contribution in [0.2, 0.25) is 0 Å². The van der Waals surface area contributed by atoms with E-state index in [0.29, 0.717) is 17.3 Å². The van der Waals surface area contributed by atoms with Crippen LogP contribution in [-0.4, -0.2) is 28.2 Å². The Hall–Kier alpha value is -0.660. The highest BCUT2D eigenvalue weighted by Gasteiger charge is 2.51. The fourth-order valence-corrected chi connectivity index (χ4v) is 7.06. The van der Waals surface area contributed by atoms with Crippen molar-refractivity contribution in [3.8, 4) is 6.07 Å². The maximum absolute atomic E-state index is 14.7. The number of nitrogens with zero attached hydrogens (tertiary/aromatic N) is 1. The lowest BCUT2D eigenvalue weighted by Crippen LogP contribution is -2.55. The molecule has 0 amide bonds. The van der Waals surface area contributed by atoms with E-state index >= 15 is 0 Å². The van der Waals surface area contributed by atoms with Crippen molar-refractivity contribution in [1.29, 1.82) is 5.26 Å². The molecule has 0 heterocycles. The number of hydrogen-bond acceptors (Lipinski definition) is 5. The highest BCUT2D eigenvalue weighted by molar-refractivity contribution is 9.10. The van der Waals surface area contributed by atoms with Gasteiger partial charge in [0.15, 0.2) is 14.6 Å². The molecule has 1 aliphatic rings. The van der Waals surface area contributed by atoms with Crippen molar-refractivity contribution >= 4 is 37.1 Å². The van der Waals surface area contributed by atoms with Gasteiger partial charge in [-0.1, -0.05) is 28.8 Å². The van der Waals surface area contributed by atoms with Crippen molar-refractivity contribution in [2.45, 2.75) is 68.4 Å². The van der Waals surface area contributed by atoms with E-state index in [2.05, 4.69) is 20.7 Å². The standard InChI is InChI=1S/C19H26BrFN2O3S2/c1-17(2,3)27(24)23-18(4,15-11-14(20)7-8-16(15)21)13-28(25,26)19(12-22)9-5-6-10-19/h7-8,11,23H,5-6,9-10,13H2,1-4H3/t18-,27?/m0/s1. The molecule has 0 saturated heterocycles. The molecule has 1 aromatic carbocycles. The number of benzene rings is 1. The van der Waals surface area contributed by atoms with Crippen LogP contribution in [0.25, 0.3) is 0 Å². The molecule has 1 saturated carbocycles. The van der Waals surface area contributed by atoms with E-state index in [9.17, 15) is 22.6 Å². The van der Waals surface area contributed by atoms with Crippen LogP contribution >= 0.6 is 15.9 Å². The zero-order valence-corrected chi connectivity index (χ0v) is 19.7. The van der Waals surface area contributed by atoms with Gasteiger partial charge in [-0.25, -0.2) is 12.8 Å². The van der Waals surface area contributed by atoms with Crippen LogP contribution in [0.5, 0.6) is 0 Å². The molecule has 1 fully saturated rings. The minimum absolute atomic E-state index is 0.0918. The first-order valence-corrected chi connectivity index (χ1v) is 12.6. The number of nitrogens with one attached hydrogen (secondary N) is 1. The maximum Gasteiger partial charge on any atom is 0.171 e. The van der Waals surface area contributed by atoms with E-state index < -0.39 is 47.8 Å². The molecule has 0 aliphatic heterocycles. The minimum Gasteiger partial charge on any atom is -0.598 e. The second kappa shape index (κ2) is 8.23. The third-order valence-corrected chi connectivity index (χ3v) is 9.98. The molecule has 1 unspecified atom stereocenters. The number of rotatable bonds is 6. The summed E-state index contributed by atoms with van der Waals surface area (Å²) < 4.78 is 55.4. The molecule has 0 aromatic heterocycles. The number of hydrogen-bond donors (Lipinski definition) is 1. The second-order valence-electron chi connectivity index (χ2n) is 8.51. The van der Waals surface area contributed by atoms with E-state index in [4.69, 9.17) is 0 Å². The molecule has 28 heavy (non-hydrogen) atoms. The van der Waals surface area contributed by atoms with E-state index in [-0.39, 0.29) is 18.4 Å². The van der Waals surface area contributed by atoms with Crippen molar-refractivity contribution in [3.63, 3.8) is 0 Å². The van der Waals surface area contributed by atoms with Crippen LogP contribution in [0.3, 0.4) is 0 Å². The minimum atomic E-state index is -3.94. The summed E-state index contributed by atoms with van der Waals surface area (Å²) in [5.41, 5.74) is -1.38. The Balaban J connectivity index is 2.56. The normalized spacial score (nSPS) is 20.4. The Labute approximate surface area is 178 Å². The predicted octanol–water partition coefficient (Wildman–Crippen LogP) is 4.11. The Kier molecular flexibility index (Phi) is 6.94. The summed E-state index contributed by atoms with van der Waals surface area (Å²) >= 11 is 1.64. The maximum atomic E-state index is 14.7. The molecule has 0 bridgehead atoms. The SMILES string of the molecule is CC(C)(C)[S+]([O-])N[C@@](C)(CS(=O)(=O)C1(C#N)CCCC1)c1cc(Br)ccc1F. The summed E-state index contributed by atoms with van der Waals surface area (Å²) in [7, 11) is -3.94. The number of nitriles is 1. The Bertz CT molecular complexity index is 874. The molecule has 2 rings (SSSR count). The lowest BCUT2D eigenvalue weighted by atomic mass is 9.95. The van der Waals surface area contributed by atoms with E-state index in [1.54, 1.807) is 20.8 Å². The van der Waals surface area contributed by atoms with Gasteiger partial charge in [0.25, 0.3) is 0 Å². The first-order valence-electron chi connectivity index (χ1n) is 9.05. The summed E-state index contributed by atoms with van der Waals surface area (Å²) in [6, 6.07) is 6.25. The van der Waals surface area contributed by atoms with E-state index in [1.165, 1.54) is 25.1 Å². The molecule has 1 N–H and O–H groups in total. The lowest BCUT2D eigenvalue weighted by molar-refractivity contribution is 0.429. The molecule has 0 radical (unpaired) electrons. The highest BCUT2D eigenvalue weighted by Crippen LogP contribution is 2.40. The largest absolute Gasteiger partial charge is 0.598 e. The smallest absolute Gasteiger partial charge is 0.171 e. The van der Waals surface area contributed by atoms with Crippen molar-refractivity contribution in [3.05, 3.63) is 34.1 Å². The monoisotopic (exact) mass is 492 g/mol. The van der Waals surface area contributed by atoms with Gasteiger partial charge in [-0.2, -0.15) is 5.26 Å². The van der Waals surface area contributed by atoms with Crippen LogP contribution < -0.4 is 4.72 Å². The fraction of sp³-hybridized carbons (Fsp3) is 0.632. The van der Waals surface area contributed by atoms with Crippen molar-refractivity contribution in [2.75, 3.05) is 5.75 Å². The van der Waals surface area contributed by atoms with Crippen LogP contribution in [0.4, 0.5) is 4.39 Å². The van der Waals surface area contributed by atoms with Crippen molar-refractivity contribution < 1.29 is 17.4 Å². The molecular formula is C19H26BrFN2O3S2. The molecule has 0 spiro atoms. The van der Waals surface area contributed by atoms with Gasteiger partial charge >= 0.3 is 0 Å². The molecular weight excluding hydrogens is 467 g/mol. The summed E-state index contributed by atoms with van der Waals surface area (Å²) in [6.45, 7) is 6.77. The zero-order chi connectivity index (χ0) is 21.4. The molecule has 2 atom stereocenters. The molecule has 5 nitrogen and oxygen atoms in total. The van der Waals surface area contributed by atoms with Gasteiger partial charge in [0, 0.05) is 21.4 Å². The summed E-state index contributed by atoms with van der Waals surface area (Å²) in [6.07, 6.45) is 1.86. The molecule has 1 aromatic rings. The molecule has 9 heteroatoms. The van der Waals surface area contributed by atoms with Gasteiger partial charge in [0.1, 0.15) is 16.1 Å².